The average Bonchev–Trinajstić information content (AvgIpc) is 3.11. The van der Waals surface area contributed by atoms with Gasteiger partial charge in [-0.3, -0.25) is 4.79 Å². The quantitative estimate of drug-likeness (QED) is 0.553. The molecule has 0 bridgehead atoms. The van der Waals surface area contributed by atoms with Crippen molar-refractivity contribution in [2.45, 2.75) is 13.2 Å². The summed E-state index contributed by atoms with van der Waals surface area (Å²) in [5, 5.41) is 11.4. The number of nitrogens with zero attached hydrogens (tertiary/aromatic N) is 4. The minimum atomic E-state index is -0.166. The van der Waals surface area contributed by atoms with Gasteiger partial charge in [-0.05, 0) is 24.3 Å². The molecule has 0 radical (unpaired) electrons. The maximum atomic E-state index is 12.5. The van der Waals surface area contributed by atoms with Crippen LogP contribution in [0.1, 0.15) is 10.7 Å². The van der Waals surface area contributed by atoms with Gasteiger partial charge in [0.2, 0.25) is 0 Å². The minimum absolute atomic E-state index is 0.166. The molecule has 4 aromatic rings. The van der Waals surface area contributed by atoms with E-state index in [1.54, 1.807) is 12.1 Å². The third-order valence-corrected chi connectivity index (χ3v) is 4.52. The molecule has 0 saturated carbocycles. The number of thiazole rings is 1. The minimum Gasteiger partial charge on any atom is -0.486 e. The molecule has 0 fully saturated rings. The Morgan fingerprint density at radius 3 is 2.72 bits per heavy atom. The predicted octanol–water partition coefficient (Wildman–Crippen LogP) is 2.88. The second kappa shape index (κ2) is 6.82. The molecule has 4 rings (SSSR count). The Hall–Kier alpha value is -3.06. The SMILES string of the molecule is O=c1c2ccccc2nnn1Cc1csc(COc2ccccc2)n1. The second-order valence-electron chi connectivity index (χ2n) is 5.40. The van der Waals surface area contributed by atoms with Crippen molar-refractivity contribution in [1.29, 1.82) is 0 Å². The summed E-state index contributed by atoms with van der Waals surface area (Å²) in [6, 6.07) is 16.8. The molecule has 2 aromatic heterocycles. The summed E-state index contributed by atoms with van der Waals surface area (Å²) in [6.07, 6.45) is 0. The number of rotatable bonds is 5. The van der Waals surface area contributed by atoms with Crippen molar-refractivity contribution in [1.82, 2.24) is 20.0 Å². The molecule has 0 N–H and O–H groups in total. The van der Waals surface area contributed by atoms with Crippen LogP contribution in [0, 0.1) is 0 Å². The van der Waals surface area contributed by atoms with E-state index in [-0.39, 0.29) is 5.56 Å². The van der Waals surface area contributed by atoms with Crippen LogP contribution >= 0.6 is 11.3 Å². The maximum absolute atomic E-state index is 12.5. The summed E-state index contributed by atoms with van der Waals surface area (Å²) < 4.78 is 7.02. The molecule has 7 heteroatoms. The lowest BCUT2D eigenvalue weighted by Gasteiger charge is -2.03. The van der Waals surface area contributed by atoms with Gasteiger partial charge in [0.05, 0.1) is 17.6 Å². The van der Waals surface area contributed by atoms with Gasteiger partial charge in [-0.1, -0.05) is 35.5 Å². The fourth-order valence-corrected chi connectivity index (χ4v) is 3.13. The van der Waals surface area contributed by atoms with Crippen LogP contribution in [0.2, 0.25) is 0 Å². The Labute approximate surface area is 147 Å². The summed E-state index contributed by atoms with van der Waals surface area (Å²) in [6.45, 7) is 0.686. The van der Waals surface area contributed by atoms with E-state index in [1.165, 1.54) is 16.0 Å². The van der Waals surface area contributed by atoms with Crippen LogP contribution in [0.15, 0.2) is 64.8 Å². The van der Waals surface area contributed by atoms with Crippen LogP contribution in [0.4, 0.5) is 0 Å². The highest BCUT2D eigenvalue weighted by Crippen LogP contribution is 2.15. The lowest BCUT2D eigenvalue weighted by molar-refractivity contribution is 0.305. The van der Waals surface area contributed by atoms with Gasteiger partial charge in [-0.2, -0.15) is 0 Å². The van der Waals surface area contributed by atoms with Crippen LogP contribution in [0.25, 0.3) is 10.9 Å². The van der Waals surface area contributed by atoms with Gasteiger partial charge in [0.25, 0.3) is 5.56 Å². The van der Waals surface area contributed by atoms with E-state index >= 15 is 0 Å². The first-order valence-corrected chi connectivity index (χ1v) is 8.61. The standard InChI is InChI=1S/C18H14N4O2S/c23-18-15-8-4-5-9-16(15)20-21-22(18)10-13-12-25-17(19-13)11-24-14-6-2-1-3-7-14/h1-9,12H,10-11H2. The van der Waals surface area contributed by atoms with E-state index < -0.39 is 0 Å². The number of benzene rings is 2. The lowest BCUT2D eigenvalue weighted by Crippen LogP contribution is -2.24. The Morgan fingerprint density at radius 1 is 1.04 bits per heavy atom. The molecular formula is C18H14N4O2S. The Morgan fingerprint density at radius 2 is 1.84 bits per heavy atom. The third kappa shape index (κ3) is 3.41. The molecule has 2 aromatic carbocycles. The Balaban J connectivity index is 1.50. The van der Waals surface area contributed by atoms with Crippen LogP contribution in [0.3, 0.4) is 0 Å². The van der Waals surface area contributed by atoms with Crippen molar-refractivity contribution in [3.8, 4) is 5.75 Å². The van der Waals surface area contributed by atoms with Crippen molar-refractivity contribution in [3.63, 3.8) is 0 Å². The number of fused-ring (bicyclic) bond motifs is 1. The highest BCUT2D eigenvalue weighted by Gasteiger charge is 2.08. The van der Waals surface area contributed by atoms with Gasteiger partial charge in [0.15, 0.2) is 0 Å². The zero-order valence-corrected chi connectivity index (χ0v) is 14.0. The highest BCUT2D eigenvalue weighted by molar-refractivity contribution is 7.09. The molecule has 0 atom stereocenters. The van der Waals surface area contributed by atoms with E-state index in [2.05, 4.69) is 15.3 Å². The monoisotopic (exact) mass is 350 g/mol. The number of aromatic nitrogens is 4. The number of para-hydroxylation sites is 1. The summed E-state index contributed by atoms with van der Waals surface area (Å²) in [5.74, 6) is 0.802. The van der Waals surface area contributed by atoms with Crippen molar-refractivity contribution in [2.24, 2.45) is 0 Å². The predicted molar refractivity (Wildman–Crippen MR) is 95.8 cm³/mol. The molecule has 0 aliphatic carbocycles. The summed E-state index contributed by atoms with van der Waals surface area (Å²) in [4.78, 5) is 17.0. The molecule has 6 nitrogen and oxygen atoms in total. The van der Waals surface area contributed by atoms with Crippen molar-refractivity contribution in [3.05, 3.63) is 81.0 Å². The number of hydrogen-bond donors (Lipinski definition) is 0. The second-order valence-corrected chi connectivity index (χ2v) is 6.35. The van der Waals surface area contributed by atoms with E-state index in [0.29, 0.717) is 24.1 Å². The van der Waals surface area contributed by atoms with Crippen molar-refractivity contribution < 1.29 is 4.74 Å². The van der Waals surface area contributed by atoms with Gasteiger partial charge < -0.3 is 4.74 Å². The summed E-state index contributed by atoms with van der Waals surface area (Å²) >= 11 is 1.50. The first-order valence-electron chi connectivity index (χ1n) is 7.73. The van der Waals surface area contributed by atoms with Crippen LogP contribution in [-0.2, 0) is 13.2 Å². The molecule has 0 saturated heterocycles. The van der Waals surface area contributed by atoms with Gasteiger partial charge in [0, 0.05) is 5.38 Å². The Bertz CT molecular complexity index is 1060. The lowest BCUT2D eigenvalue weighted by atomic mass is 10.2. The molecule has 25 heavy (non-hydrogen) atoms. The zero-order chi connectivity index (χ0) is 17.1. The molecule has 2 heterocycles. The van der Waals surface area contributed by atoms with Gasteiger partial charge in [-0.25, -0.2) is 9.67 Å². The highest BCUT2D eigenvalue weighted by atomic mass is 32.1. The third-order valence-electron chi connectivity index (χ3n) is 3.65. The van der Waals surface area contributed by atoms with Crippen molar-refractivity contribution in [2.75, 3.05) is 0 Å². The first-order chi connectivity index (χ1) is 12.3. The van der Waals surface area contributed by atoms with Gasteiger partial charge in [0.1, 0.15) is 22.9 Å². The van der Waals surface area contributed by atoms with Crippen molar-refractivity contribution >= 4 is 22.2 Å². The largest absolute Gasteiger partial charge is 0.486 e. The first kappa shape index (κ1) is 15.5. The van der Waals surface area contributed by atoms with Crippen LogP contribution in [-0.4, -0.2) is 20.0 Å². The fourth-order valence-electron chi connectivity index (χ4n) is 2.43. The average molecular weight is 350 g/mol. The number of hydrogen-bond acceptors (Lipinski definition) is 6. The molecular weight excluding hydrogens is 336 g/mol. The van der Waals surface area contributed by atoms with Crippen LogP contribution < -0.4 is 10.3 Å². The topological polar surface area (TPSA) is 69.9 Å². The van der Waals surface area contributed by atoms with E-state index in [4.69, 9.17) is 4.74 Å². The molecule has 0 aliphatic heterocycles. The van der Waals surface area contributed by atoms with Gasteiger partial charge >= 0.3 is 0 Å². The van der Waals surface area contributed by atoms with Crippen LogP contribution in [0.5, 0.6) is 5.75 Å². The van der Waals surface area contributed by atoms with E-state index in [1.807, 2.05) is 47.8 Å². The number of ether oxygens (including phenoxy) is 1. The van der Waals surface area contributed by atoms with Gasteiger partial charge in [-0.15, -0.1) is 16.4 Å². The van der Waals surface area contributed by atoms with E-state index in [9.17, 15) is 4.79 Å². The summed E-state index contributed by atoms with van der Waals surface area (Å²) in [5.41, 5.74) is 1.20. The molecule has 124 valence electrons. The fraction of sp³-hybridized carbons (Fsp3) is 0.111. The molecule has 0 spiro atoms. The zero-order valence-electron chi connectivity index (χ0n) is 13.2. The maximum Gasteiger partial charge on any atom is 0.277 e. The Kier molecular flexibility index (Phi) is 4.22. The molecule has 0 aliphatic rings. The normalized spacial score (nSPS) is 10.9. The molecule has 0 amide bonds. The van der Waals surface area contributed by atoms with E-state index in [0.717, 1.165) is 16.5 Å². The molecule has 0 unspecified atom stereocenters. The summed E-state index contributed by atoms with van der Waals surface area (Å²) in [7, 11) is 0. The smallest absolute Gasteiger partial charge is 0.277 e.